The molecule has 8 aromatic rings. The highest BCUT2D eigenvalue weighted by Crippen LogP contribution is 2.51. The van der Waals surface area contributed by atoms with E-state index in [1.807, 2.05) is 18.2 Å². The highest BCUT2D eigenvalue weighted by atomic mass is 35.5. The Morgan fingerprint density at radius 1 is 0.458 bits per heavy atom. The summed E-state index contributed by atoms with van der Waals surface area (Å²) in [4.78, 5) is 2.29. The number of fused-ring (bicyclic) bond motifs is 6. The third-order valence-corrected chi connectivity index (χ3v) is 10.3. The van der Waals surface area contributed by atoms with Crippen LogP contribution in [0.3, 0.4) is 0 Å². The van der Waals surface area contributed by atoms with E-state index >= 15 is 0 Å². The number of nitrogens with zero attached hydrogens (tertiary/aromatic N) is 1. The van der Waals surface area contributed by atoms with Gasteiger partial charge in [0.2, 0.25) is 0 Å². The van der Waals surface area contributed by atoms with Crippen LogP contribution in [0.25, 0.3) is 55.3 Å². The Hall–Kier alpha value is -5.57. The van der Waals surface area contributed by atoms with Crippen molar-refractivity contribution >= 4 is 50.6 Å². The van der Waals surface area contributed by atoms with Gasteiger partial charge in [-0.15, -0.1) is 0 Å². The van der Waals surface area contributed by atoms with Crippen LogP contribution < -0.4 is 4.90 Å². The average molecular weight is 638 g/mol. The highest BCUT2D eigenvalue weighted by molar-refractivity contribution is 6.33. The minimum absolute atomic E-state index is 0.0940. The summed E-state index contributed by atoms with van der Waals surface area (Å²) < 4.78 is 6.32. The number of furan rings is 1. The van der Waals surface area contributed by atoms with Gasteiger partial charge in [-0.25, -0.2) is 0 Å². The standard InChI is InChI=1S/C45H32ClNO/c1-45(2)40-14-8-6-12-35(40)39-28-42(46)38(27-41(39)45)31-18-22-33(23-19-31)47(32-20-16-30(17-21-32)29-10-4-3-5-11-29)34-24-25-37-36-13-7-9-15-43(36)48-44(37)26-34/h3-28H,1-2H3. The summed E-state index contributed by atoms with van der Waals surface area (Å²) in [6, 6.07) is 55.8. The molecule has 0 saturated heterocycles. The summed E-state index contributed by atoms with van der Waals surface area (Å²) in [5.74, 6) is 0. The first-order valence-electron chi connectivity index (χ1n) is 16.4. The largest absolute Gasteiger partial charge is 0.456 e. The van der Waals surface area contributed by atoms with Crippen LogP contribution in [-0.4, -0.2) is 0 Å². The summed E-state index contributed by atoms with van der Waals surface area (Å²) in [5.41, 5.74) is 14.5. The normalized spacial score (nSPS) is 13.1. The number of para-hydroxylation sites is 1. The second-order valence-electron chi connectivity index (χ2n) is 13.1. The van der Waals surface area contributed by atoms with Crippen molar-refractivity contribution in [3.05, 3.63) is 174 Å². The van der Waals surface area contributed by atoms with Gasteiger partial charge in [0.15, 0.2) is 0 Å². The molecule has 2 nitrogen and oxygen atoms in total. The lowest BCUT2D eigenvalue weighted by molar-refractivity contribution is 0.660. The van der Waals surface area contributed by atoms with E-state index < -0.39 is 0 Å². The van der Waals surface area contributed by atoms with Crippen molar-refractivity contribution in [3.8, 4) is 33.4 Å². The quantitative estimate of drug-likeness (QED) is 0.187. The van der Waals surface area contributed by atoms with Gasteiger partial charge in [-0.2, -0.15) is 0 Å². The monoisotopic (exact) mass is 637 g/mol. The molecule has 0 N–H and O–H groups in total. The molecule has 1 heterocycles. The molecule has 0 aliphatic heterocycles. The van der Waals surface area contributed by atoms with Crippen LogP contribution in [0.4, 0.5) is 17.1 Å². The Kier molecular flexibility index (Phi) is 6.57. The summed E-state index contributed by atoms with van der Waals surface area (Å²) in [6.07, 6.45) is 0. The topological polar surface area (TPSA) is 16.4 Å². The lowest BCUT2D eigenvalue weighted by atomic mass is 9.81. The molecular weight excluding hydrogens is 606 g/mol. The molecule has 9 rings (SSSR count). The van der Waals surface area contributed by atoms with Crippen LogP contribution in [0.2, 0.25) is 5.02 Å². The van der Waals surface area contributed by atoms with Crippen LogP contribution >= 0.6 is 11.6 Å². The SMILES string of the molecule is CC1(C)c2ccccc2-c2cc(Cl)c(-c3ccc(N(c4ccc(-c5ccccc5)cc4)c4ccc5c(c4)oc4ccccc45)cc3)cc21. The molecule has 230 valence electrons. The first kappa shape index (κ1) is 28.6. The maximum Gasteiger partial charge on any atom is 0.137 e. The number of hydrogen-bond donors (Lipinski definition) is 0. The molecule has 0 spiro atoms. The van der Waals surface area contributed by atoms with Crippen LogP contribution in [0.15, 0.2) is 162 Å². The zero-order valence-electron chi connectivity index (χ0n) is 26.7. The van der Waals surface area contributed by atoms with Crippen LogP contribution in [0.5, 0.6) is 0 Å². The third kappa shape index (κ3) is 4.56. The van der Waals surface area contributed by atoms with E-state index in [0.29, 0.717) is 0 Å². The second kappa shape index (κ2) is 11.0. The van der Waals surface area contributed by atoms with Crippen LogP contribution in [0.1, 0.15) is 25.0 Å². The molecule has 0 saturated carbocycles. The minimum atomic E-state index is -0.0940. The maximum absolute atomic E-state index is 7.03. The first-order valence-corrected chi connectivity index (χ1v) is 16.7. The van der Waals surface area contributed by atoms with Crippen LogP contribution in [0, 0.1) is 0 Å². The molecule has 0 bridgehead atoms. The van der Waals surface area contributed by atoms with E-state index in [-0.39, 0.29) is 5.41 Å². The van der Waals surface area contributed by atoms with Gasteiger partial charge in [-0.3, -0.25) is 0 Å². The number of benzene rings is 7. The van der Waals surface area contributed by atoms with Crippen molar-refractivity contribution in [1.82, 2.24) is 0 Å². The zero-order chi connectivity index (χ0) is 32.4. The van der Waals surface area contributed by atoms with Crippen molar-refractivity contribution in [3.63, 3.8) is 0 Å². The van der Waals surface area contributed by atoms with Gasteiger partial charge in [0.25, 0.3) is 0 Å². The predicted octanol–water partition coefficient (Wildman–Crippen LogP) is 13.3. The fourth-order valence-electron chi connectivity index (χ4n) is 7.47. The Balaban J connectivity index is 1.14. The molecule has 3 heteroatoms. The fraction of sp³-hybridized carbons (Fsp3) is 0.0667. The van der Waals surface area contributed by atoms with Crippen LogP contribution in [-0.2, 0) is 5.41 Å². The number of anilines is 3. The molecule has 0 radical (unpaired) electrons. The second-order valence-corrected chi connectivity index (χ2v) is 13.5. The van der Waals surface area contributed by atoms with E-state index in [1.165, 1.54) is 33.4 Å². The molecule has 1 aliphatic carbocycles. The molecule has 48 heavy (non-hydrogen) atoms. The van der Waals surface area contributed by atoms with Gasteiger partial charge in [0, 0.05) is 49.9 Å². The lowest BCUT2D eigenvalue weighted by Crippen LogP contribution is -2.15. The molecule has 0 unspecified atom stereocenters. The molecule has 0 atom stereocenters. The number of halogens is 1. The first-order chi connectivity index (χ1) is 23.5. The van der Waals surface area contributed by atoms with Gasteiger partial charge < -0.3 is 9.32 Å². The van der Waals surface area contributed by atoms with Gasteiger partial charge >= 0.3 is 0 Å². The van der Waals surface area contributed by atoms with Crippen molar-refractivity contribution in [2.45, 2.75) is 19.3 Å². The van der Waals surface area contributed by atoms with Gasteiger partial charge in [0.05, 0.1) is 0 Å². The van der Waals surface area contributed by atoms with Gasteiger partial charge in [0.1, 0.15) is 11.2 Å². The lowest BCUT2D eigenvalue weighted by Gasteiger charge is -2.26. The third-order valence-electron chi connectivity index (χ3n) is 9.96. The molecule has 0 amide bonds. The Labute approximate surface area is 285 Å². The van der Waals surface area contributed by atoms with Gasteiger partial charge in [-0.1, -0.05) is 123 Å². The van der Waals surface area contributed by atoms with Crippen molar-refractivity contribution in [2.75, 3.05) is 4.90 Å². The minimum Gasteiger partial charge on any atom is -0.456 e. The fourth-order valence-corrected chi connectivity index (χ4v) is 7.74. The smallest absolute Gasteiger partial charge is 0.137 e. The molecule has 0 fully saturated rings. The van der Waals surface area contributed by atoms with Crippen molar-refractivity contribution in [1.29, 1.82) is 0 Å². The highest BCUT2D eigenvalue weighted by Gasteiger charge is 2.36. The molecular formula is C45H32ClNO. The van der Waals surface area contributed by atoms with E-state index in [0.717, 1.165) is 55.2 Å². The molecule has 1 aromatic heterocycles. The summed E-state index contributed by atoms with van der Waals surface area (Å²) in [7, 11) is 0. The number of rotatable bonds is 5. The Bertz CT molecular complexity index is 2470. The average Bonchev–Trinajstić information content (AvgIpc) is 3.60. The van der Waals surface area contributed by atoms with E-state index in [1.54, 1.807) is 0 Å². The maximum atomic E-state index is 7.03. The summed E-state index contributed by atoms with van der Waals surface area (Å²) >= 11 is 7.03. The van der Waals surface area contributed by atoms with Crippen molar-refractivity contribution in [2.24, 2.45) is 0 Å². The summed E-state index contributed by atoms with van der Waals surface area (Å²) in [6.45, 7) is 4.61. The molecule has 7 aromatic carbocycles. The van der Waals surface area contributed by atoms with Crippen molar-refractivity contribution < 1.29 is 4.42 Å². The Morgan fingerprint density at radius 2 is 1.06 bits per heavy atom. The summed E-state index contributed by atoms with van der Waals surface area (Å²) in [5, 5.41) is 3.00. The predicted molar refractivity (Wildman–Crippen MR) is 202 cm³/mol. The van der Waals surface area contributed by atoms with E-state index in [4.69, 9.17) is 16.0 Å². The Morgan fingerprint density at radius 3 is 1.83 bits per heavy atom. The van der Waals surface area contributed by atoms with E-state index in [9.17, 15) is 0 Å². The zero-order valence-corrected chi connectivity index (χ0v) is 27.5. The number of hydrogen-bond acceptors (Lipinski definition) is 2. The van der Waals surface area contributed by atoms with E-state index in [2.05, 4.69) is 158 Å². The molecule has 1 aliphatic rings. The van der Waals surface area contributed by atoms with Gasteiger partial charge in [-0.05, 0) is 93.5 Å².